The van der Waals surface area contributed by atoms with Gasteiger partial charge in [-0.05, 0) is 41.5 Å². The third kappa shape index (κ3) is 107. The van der Waals surface area contributed by atoms with Gasteiger partial charge in [0.15, 0.2) is 0 Å². The number of carbonyl (C=O) groups is 3. The fourth-order valence-corrected chi connectivity index (χ4v) is 0.827. The Kier molecular flexibility index (Phi) is 59.7. The summed E-state index contributed by atoms with van der Waals surface area (Å²) in [5.74, 6) is -0.605. The summed E-state index contributed by atoms with van der Waals surface area (Å²) in [5, 5.41) is 12.8. The van der Waals surface area contributed by atoms with Crippen LogP contribution in [0.4, 0.5) is 4.79 Å². The number of hydrogen-bond acceptors (Lipinski definition) is 13. The molecule has 0 spiro atoms. The van der Waals surface area contributed by atoms with Gasteiger partial charge in [-0.3, -0.25) is 14.8 Å². The zero-order valence-electron chi connectivity index (χ0n) is 34.2. The molecule has 0 unspecified atom stereocenters. The van der Waals surface area contributed by atoms with Crippen LogP contribution < -0.4 is 33.1 Å². The largest absolute Gasteiger partial charge is 1.00 e. The molecule has 0 aromatic carbocycles. The number of nitrogens with zero attached hydrogens (tertiary/aromatic N) is 4. The first-order chi connectivity index (χ1) is 20.6. The minimum Gasteiger partial charge on any atom is -0.412 e. The summed E-state index contributed by atoms with van der Waals surface area (Å²) in [6.07, 6.45) is 1.73. The average molecular weight is 716 g/mol. The van der Waals surface area contributed by atoms with Crippen molar-refractivity contribution < 1.29 is 47.1 Å². The number of aliphatic imine (C=N–C) groups is 4. The monoisotopic (exact) mass is 716 g/mol. The summed E-state index contributed by atoms with van der Waals surface area (Å²) < 4.78 is 0. The van der Waals surface area contributed by atoms with Gasteiger partial charge in [0.05, 0.1) is 11.5 Å². The van der Waals surface area contributed by atoms with E-state index < -0.39 is 10.8 Å². The molecule has 292 valence electrons. The Labute approximate surface area is 297 Å². The second kappa shape index (κ2) is 41.4. The summed E-state index contributed by atoms with van der Waals surface area (Å²) in [5.41, 5.74) is 13.0. The highest BCUT2D eigenvalue weighted by Crippen LogP contribution is 2.12. The van der Waals surface area contributed by atoms with Crippen LogP contribution in [-0.2, 0) is 28.8 Å². The van der Waals surface area contributed by atoms with Gasteiger partial charge in [0.2, 0.25) is 12.0 Å². The molecule has 19 heteroatoms. The number of urea groups is 1. The number of isocyanates is 1. The minimum atomic E-state index is -0.492. The van der Waals surface area contributed by atoms with Gasteiger partial charge in [0, 0.05) is 59.0 Å². The number of nitrogens with one attached hydrogen (secondary N) is 4. The Morgan fingerprint density at radius 3 is 1.16 bits per heavy atom. The lowest BCUT2D eigenvalue weighted by Gasteiger charge is -2.16. The van der Waals surface area contributed by atoms with Crippen molar-refractivity contribution in [1.82, 2.24) is 21.6 Å². The van der Waals surface area contributed by atoms with Crippen LogP contribution in [0.5, 0.6) is 0 Å². The normalized spacial score (nSPS) is 9.08. The van der Waals surface area contributed by atoms with Crippen molar-refractivity contribution in [3.63, 3.8) is 0 Å². The number of hydrogen-bond donors (Lipinski definition) is 7. The Morgan fingerprint density at radius 2 is 1.08 bits per heavy atom. The highest BCUT2D eigenvalue weighted by molar-refractivity contribution is 5.82. The quantitative estimate of drug-likeness (QED) is 0.0479. The molecule has 4 amide bonds. The Bertz CT molecular complexity index is 968. The smallest absolute Gasteiger partial charge is 0.412 e. The second-order valence-corrected chi connectivity index (χ2v) is 12.2. The van der Waals surface area contributed by atoms with Crippen LogP contribution in [0.2, 0.25) is 0 Å². The molecule has 0 aliphatic heterocycles. The number of amidine groups is 1. The van der Waals surface area contributed by atoms with Crippen LogP contribution in [-0.4, -0.2) is 99.1 Å². The lowest BCUT2D eigenvalue weighted by Crippen LogP contribution is -2.38. The van der Waals surface area contributed by atoms with E-state index in [-0.39, 0.29) is 64.3 Å². The molecule has 11 N–H and O–H groups in total. The van der Waals surface area contributed by atoms with Gasteiger partial charge < -0.3 is 32.4 Å². The van der Waals surface area contributed by atoms with E-state index in [9.17, 15) is 19.2 Å². The van der Waals surface area contributed by atoms with Gasteiger partial charge in [-0.25, -0.2) is 35.0 Å². The molecule has 0 saturated carbocycles. The van der Waals surface area contributed by atoms with Crippen molar-refractivity contribution >= 4 is 42.1 Å². The fraction of sp³-hybridized carbons (Fsp3) is 0.733. The van der Waals surface area contributed by atoms with Crippen molar-refractivity contribution in [3.05, 3.63) is 7.43 Å². The predicted octanol–water partition coefficient (Wildman–Crippen LogP) is 2.30. The molecule has 0 atom stereocenters. The van der Waals surface area contributed by atoms with Gasteiger partial charge in [0.1, 0.15) is 0 Å². The summed E-state index contributed by atoms with van der Waals surface area (Å²) in [6.45, 7) is 21.9. The first-order valence-electron chi connectivity index (χ1n) is 13.4. The molecule has 0 rings (SSSR count). The number of carbonyl (C=O) groups excluding carboxylic acids is 6. The Balaban J connectivity index is -0.0000000354. The van der Waals surface area contributed by atoms with Gasteiger partial charge in [0.25, 0.3) is 5.91 Å². The van der Waals surface area contributed by atoms with E-state index in [1.807, 2.05) is 41.5 Å². The molecule has 0 aliphatic rings. The Hall–Kier alpha value is -4.63. The second-order valence-electron chi connectivity index (χ2n) is 12.2. The molecular weight excluding hydrogens is 644 g/mol. The topological polar surface area (TPSA) is 313 Å². The first-order valence-corrected chi connectivity index (χ1v) is 13.4. The SMILES string of the molecule is C.CC(C)(C)C(=O)NO.CC(C)(C)N.CC(C)(C)N=C=O.CN=C(N)ONC(=O)C(C)(C)C.CN=C=NC.CNC(=O)NC.O.O=C=O.[CH3+].[H+].[H+]. The van der Waals surface area contributed by atoms with E-state index >= 15 is 0 Å². The standard InChI is InChI=1S/C7H15N3O2.C5H11NO2.C5H9NO.C4H11N.C3H8N2O.C3H6N2.CO2.CH4.CH3.H2O/c1-7(2,3)5(11)10-12-6(8)9-4;1-5(2,3)4(7)6-8;1-5(2,3)6-4-7;1-4(2,3)5;1-4-3(6)5-2;1-4-3-5-2;2-1-3;;;/h1-4H3,(H2,8,9)(H,10,11);8H,1-3H3,(H,6,7);1-3H3;5H2,1-3H3;1-2H3,(H2,4,5,6);1-2H3;;1H4;1H3;1H2/q;;;;;;;;+1;/p+2. The average Bonchev–Trinajstić information content (AvgIpc) is 2.90. The summed E-state index contributed by atoms with van der Waals surface area (Å²) in [4.78, 5) is 75.8. The van der Waals surface area contributed by atoms with E-state index in [1.165, 1.54) is 13.1 Å². The molecule has 0 saturated heterocycles. The van der Waals surface area contributed by atoms with E-state index in [1.54, 1.807) is 75.2 Å². The maximum absolute atomic E-state index is 11.1. The lowest BCUT2D eigenvalue weighted by atomic mass is 9.96. The summed E-state index contributed by atoms with van der Waals surface area (Å²) in [6, 6.07) is 2.14. The molecule has 0 fully saturated rings. The van der Waals surface area contributed by atoms with E-state index in [0.29, 0.717) is 0 Å². The highest BCUT2D eigenvalue weighted by atomic mass is 16.7. The molecule has 0 aromatic rings. The van der Waals surface area contributed by atoms with Crippen molar-refractivity contribution in [1.29, 1.82) is 0 Å². The van der Waals surface area contributed by atoms with Crippen molar-refractivity contribution in [2.75, 3.05) is 35.2 Å². The minimum absolute atomic E-state index is 0. The van der Waals surface area contributed by atoms with Gasteiger partial charge >= 0.3 is 21.1 Å². The molecule has 19 nitrogen and oxygen atoms in total. The summed E-state index contributed by atoms with van der Waals surface area (Å²) in [7, 11) is 7.87. The van der Waals surface area contributed by atoms with Gasteiger partial charge in [-0.1, -0.05) is 49.0 Å². The maximum atomic E-state index is 11.1. The van der Waals surface area contributed by atoms with E-state index in [4.69, 9.17) is 26.3 Å². The van der Waals surface area contributed by atoms with Crippen molar-refractivity contribution in [3.8, 4) is 0 Å². The van der Waals surface area contributed by atoms with E-state index in [0.717, 1.165) is 0 Å². The zero-order chi connectivity index (χ0) is 38.8. The third-order valence-corrected chi connectivity index (χ3v) is 2.97. The van der Waals surface area contributed by atoms with Crippen LogP contribution in [0.25, 0.3) is 0 Å². The molecular formula is C30H71N10O9+3. The molecule has 0 radical (unpaired) electrons. The molecule has 0 heterocycles. The van der Waals surface area contributed by atoms with Gasteiger partial charge in [-0.2, -0.15) is 15.1 Å². The maximum Gasteiger partial charge on any atom is 1.00 e. The number of rotatable bonds is 0. The van der Waals surface area contributed by atoms with Crippen LogP contribution in [0.1, 0.15) is 93.4 Å². The van der Waals surface area contributed by atoms with Crippen LogP contribution in [0.3, 0.4) is 0 Å². The van der Waals surface area contributed by atoms with Crippen molar-refractivity contribution in [2.45, 2.75) is 102 Å². The van der Waals surface area contributed by atoms with Gasteiger partial charge in [-0.15, -0.1) is 0 Å². The van der Waals surface area contributed by atoms with Crippen LogP contribution in [0.15, 0.2) is 20.0 Å². The molecule has 49 heavy (non-hydrogen) atoms. The molecule has 0 aliphatic carbocycles. The first kappa shape index (κ1) is 70.6. The number of amides is 4. The molecule has 0 bridgehead atoms. The van der Waals surface area contributed by atoms with E-state index in [2.05, 4.69) is 46.9 Å². The number of nitrogens with two attached hydrogens (primary N) is 2. The lowest BCUT2D eigenvalue weighted by molar-refractivity contribution is -0.191. The molecule has 0 aromatic heterocycles. The third-order valence-electron chi connectivity index (χ3n) is 2.97. The predicted molar refractivity (Wildman–Crippen MR) is 197 cm³/mol. The Morgan fingerprint density at radius 1 is 0.776 bits per heavy atom. The fourth-order valence-electron chi connectivity index (χ4n) is 0.827. The van der Waals surface area contributed by atoms with Crippen molar-refractivity contribution in [2.24, 2.45) is 42.3 Å². The summed E-state index contributed by atoms with van der Waals surface area (Å²) >= 11 is 0. The number of hydroxylamine groups is 2. The zero-order valence-corrected chi connectivity index (χ0v) is 32.2. The highest BCUT2D eigenvalue weighted by Gasteiger charge is 2.21. The van der Waals surface area contributed by atoms with Crippen LogP contribution >= 0.6 is 0 Å². The van der Waals surface area contributed by atoms with Crippen LogP contribution in [0, 0.1) is 18.3 Å².